The summed E-state index contributed by atoms with van der Waals surface area (Å²) in [6, 6.07) is 4.22. The molecule has 0 spiro atoms. The number of benzene rings is 1. The van der Waals surface area contributed by atoms with E-state index in [1.54, 1.807) is 0 Å². The molecule has 1 aromatic carbocycles. The topological polar surface area (TPSA) is 30.5 Å². The van der Waals surface area contributed by atoms with Crippen molar-refractivity contribution in [1.29, 1.82) is 0 Å². The minimum Gasteiger partial charge on any atom is -0.491 e. The first-order valence-electron chi connectivity index (χ1n) is 7.74. The second-order valence-corrected chi connectivity index (χ2v) is 6.61. The van der Waals surface area contributed by atoms with Crippen molar-refractivity contribution in [1.82, 2.24) is 5.32 Å². The van der Waals surface area contributed by atoms with E-state index in [0.717, 1.165) is 41.9 Å². The maximum absolute atomic E-state index is 5.94. The van der Waals surface area contributed by atoms with Crippen molar-refractivity contribution in [2.75, 3.05) is 26.4 Å². The van der Waals surface area contributed by atoms with E-state index >= 15 is 0 Å². The number of halogens is 1. The molecule has 1 N–H and O–H groups in total. The molecule has 0 aliphatic heterocycles. The summed E-state index contributed by atoms with van der Waals surface area (Å²) in [6.07, 6.45) is 1.04. The number of nitrogens with one attached hydrogen (secondary N) is 1. The lowest BCUT2D eigenvalue weighted by molar-refractivity contribution is 0.1000. The number of ether oxygens (including phenoxy) is 2. The molecule has 0 aromatic heterocycles. The summed E-state index contributed by atoms with van der Waals surface area (Å²) in [5, 5.41) is 3.47. The number of hydrogen-bond donors (Lipinski definition) is 1. The third kappa shape index (κ3) is 7.30. The van der Waals surface area contributed by atoms with Gasteiger partial charge in [0.2, 0.25) is 0 Å². The Kier molecular flexibility index (Phi) is 8.97. The normalized spacial score (nSPS) is 11.1. The summed E-state index contributed by atoms with van der Waals surface area (Å²) >= 11 is 3.56. The van der Waals surface area contributed by atoms with Crippen molar-refractivity contribution < 1.29 is 9.47 Å². The van der Waals surface area contributed by atoms with E-state index in [-0.39, 0.29) is 0 Å². The Hall–Kier alpha value is -0.580. The molecule has 0 unspecified atom stereocenters. The van der Waals surface area contributed by atoms with Crippen LogP contribution < -0.4 is 10.1 Å². The second-order valence-electron chi connectivity index (χ2n) is 5.70. The zero-order chi connectivity index (χ0) is 15.7. The Balaban J connectivity index is 2.62. The first kappa shape index (κ1) is 18.5. The van der Waals surface area contributed by atoms with Crippen molar-refractivity contribution in [3.8, 4) is 5.75 Å². The number of rotatable bonds is 10. The van der Waals surface area contributed by atoms with Gasteiger partial charge in [0, 0.05) is 23.2 Å². The standard InChI is InChI=1S/C17H28BrNO2/c1-5-6-20-7-8-21-17-14(4)9-16(18)10-15(17)12-19-11-13(2)3/h9-10,13,19H,5-8,11-12H2,1-4H3. The van der Waals surface area contributed by atoms with Crippen LogP contribution in [0.4, 0.5) is 0 Å². The lowest BCUT2D eigenvalue weighted by Crippen LogP contribution is -2.20. The van der Waals surface area contributed by atoms with Gasteiger partial charge in [-0.25, -0.2) is 0 Å². The molecule has 120 valence electrons. The molecule has 0 saturated carbocycles. The van der Waals surface area contributed by atoms with Crippen molar-refractivity contribution in [2.24, 2.45) is 5.92 Å². The van der Waals surface area contributed by atoms with E-state index in [1.165, 1.54) is 5.56 Å². The first-order chi connectivity index (χ1) is 10.0. The van der Waals surface area contributed by atoms with Crippen LogP contribution in [0.15, 0.2) is 16.6 Å². The molecule has 0 aliphatic rings. The summed E-state index contributed by atoms with van der Waals surface area (Å²) in [6.45, 7) is 12.5. The maximum Gasteiger partial charge on any atom is 0.126 e. The van der Waals surface area contributed by atoms with Crippen LogP contribution in [-0.4, -0.2) is 26.4 Å². The van der Waals surface area contributed by atoms with Crippen LogP contribution in [0.1, 0.15) is 38.3 Å². The molecule has 0 heterocycles. The highest BCUT2D eigenvalue weighted by molar-refractivity contribution is 9.10. The molecular weight excluding hydrogens is 330 g/mol. The van der Waals surface area contributed by atoms with Gasteiger partial charge in [-0.05, 0) is 43.5 Å². The molecule has 21 heavy (non-hydrogen) atoms. The molecule has 0 bridgehead atoms. The molecule has 0 radical (unpaired) electrons. The van der Waals surface area contributed by atoms with Crippen LogP contribution in [0.2, 0.25) is 0 Å². The summed E-state index contributed by atoms with van der Waals surface area (Å²) in [5.74, 6) is 1.62. The zero-order valence-electron chi connectivity index (χ0n) is 13.7. The van der Waals surface area contributed by atoms with E-state index in [2.05, 4.69) is 61.1 Å². The Morgan fingerprint density at radius 3 is 2.62 bits per heavy atom. The maximum atomic E-state index is 5.94. The molecule has 0 fully saturated rings. The summed E-state index contributed by atoms with van der Waals surface area (Å²) < 4.78 is 12.5. The minimum absolute atomic E-state index is 0.597. The molecule has 0 amide bonds. The fourth-order valence-corrected chi connectivity index (χ4v) is 2.70. The van der Waals surface area contributed by atoms with Gasteiger partial charge in [-0.3, -0.25) is 0 Å². The van der Waals surface area contributed by atoms with Gasteiger partial charge in [0.05, 0.1) is 6.61 Å². The van der Waals surface area contributed by atoms with Gasteiger partial charge in [0.1, 0.15) is 12.4 Å². The second kappa shape index (κ2) is 10.2. The first-order valence-corrected chi connectivity index (χ1v) is 8.54. The largest absolute Gasteiger partial charge is 0.491 e. The van der Waals surface area contributed by atoms with Crippen LogP contribution in [0.3, 0.4) is 0 Å². The van der Waals surface area contributed by atoms with Gasteiger partial charge in [-0.2, -0.15) is 0 Å². The van der Waals surface area contributed by atoms with Gasteiger partial charge in [0.15, 0.2) is 0 Å². The Morgan fingerprint density at radius 1 is 1.19 bits per heavy atom. The highest BCUT2D eigenvalue weighted by Gasteiger charge is 2.09. The average Bonchev–Trinajstić information content (AvgIpc) is 2.40. The van der Waals surface area contributed by atoms with Gasteiger partial charge in [0.25, 0.3) is 0 Å². The van der Waals surface area contributed by atoms with Gasteiger partial charge < -0.3 is 14.8 Å². The molecule has 3 nitrogen and oxygen atoms in total. The van der Waals surface area contributed by atoms with Crippen molar-refractivity contribution in [3.05, 3.63) is 27.7 Å². The zero-order valence-corrected chi connectivity index (χ0v) is 15.3. The van der Waals surface area contributed by atoms with Crippen LogP contribution in [0.5, 0.6) is 5.75 Å². The molecule has 1 rings (SSSR count). The van der Waals surface area contributed by atoms with Gasteiger partial charge in [-0.1, -0.05) is 36.7 Å². The SMILES string of the molecule is CCCOCCOc1c(C)cc(Br)cc1CNCC(C)C. The Morgan fingerprint density at radius 2 is 1.95 bits per heavy atom. The molecule has 0 saturated heterocycles. The van der Waals surface area contributed by atoms with Crippen LogP contribution in [-0.2, 0) is 11.3 Å². The Bertz CT molecular complexity index is 421. The lowest BCUT2D eigenvalue weighted by Gasteiger charge is -2.16. The molecule has 0 atom stereocenters. The predicted molar refractivity (Wildman–Crippen MR) is 92.0 cm³/mol. The van der Waals surface area contributed by atoms with E-state index < -0.39 is 0 Å². The van der Waals surface area contributed by atoms with E-state index in [9.17, 15) is 0 Å². The summed E-state index contributed by atoms with van der Waals surface area (Å²) in [4.78, 5) is 0. The van der Waals surface area contributed by atoms with Crippen LogP contribution >= 0.6 is 15.9 Å². The highest BCUT2D eigenvalue weighted by Crippen LogP contribution is 2.28. The quantitative estimate of drug-likeness (QED) is 0.633. The summed E-state index contributed by atoms with van der Waals surface area (Å²) in [5.41, 5.74) is 2.35. The highest BCUT2D eigenvalue weighted by atomic mass is 79.9. The predicted octanol–water partition coefficient (Wildman–Crippen LogP) is 4.31. The fraction of sp³-hybridized carbons (Fsp3) is 0.647. The molecular formula is C17H28BrNO2. The Labute approximate surface area is 137 Å². The number of hydrogen-bond acceptors (Lipinski definition) is 3. The average molecular weight is 358 g/mol. The monoisotopic (exact) mass is 357 g/mol. The molecule has 1 aromatic rings. The third-order valence-electron chi connectivity index (χ3n) is 3.01. The molecule has 4 heteroatoms. The van der Waals surface area contributed by atoms with Crippen molar-refractivity contribution in [3.63, 3.8) is 0 Å². The van der Waals surface area contributed by atoms with Crippen LogP contribution in [0, 0.1) is 12.8 Å². The van der Waals surface area contributed by atoms with Crippen molar-refractivity contribution >= 4 is 15.9 Å². The van der Waals surface area contributed by atoms with E-state index in [0.29, 0.717) is 19.1 Å². The lowest BCUT2D eigenvalue weighted by atomic mass is 10.1. The number of aryl methyl sites for hydroxylation is 1. The van der Waals surface area contributed by atoms with E-state index in [4.69, 9.17) is 9.47 Å². The third-order valence-corrected chi connectivity index (χ3v) is 3.46. The fourth-order valence-electron chi connectivity index (χ4n) is 2.08. The smallest absolute Gasteiger partial charge is 0.126 e. The van der Waals surface area contributed by atoms with Gasteiger partial charge in [-0.15, -0.1) is 0 Å². The van der Waals surface area contributed by atoms with Crippen LogP contribution in [0.25, 0.3) is 0 Å². The summed E-state index contributed by atoms with van der Waals surface area (Å²) in [7, 11) is 0. The van der Waals surface area contributed by atoms with E-state index in [1.807, 2.05) is 0 Å². The minimum atomic E-state index is 0.597. The van der Waals surface area contributed by atoms with Gasteiger partial charge >= 0.3 is 0 Å². The molecule has 0 aliphatic carbocycles. The van der Waals surface area contributed by atoms with Crippen molar-refractivity contribution in [2.45, 2.75) is 40.7 Å².